The van der Waals surface area contributed by atoms with Crippen LogP contribution in [0.1, 0.15) is 20.3 Å². The van der Waals surface area contributed by atoms with Crippen LogP contribution in [0.5, 0.6) is 5.75 Å². The maximum absolute atomic E-state index is 12.2. The van der Waals surface area contributed by atoms with Gasteiger partial charge in [-0.15, -0.1) is 0 Å². The molecule has 3 N–H and O–H groups in total. The third-order valence-corrected chi connectivity index (χ3v) is 3.06. The van der Waals surface area contributed by atoms with Crippen LogP contribution in [0.4, 0.5) is 19.3 Å². The normalized spacial score (nSPS) is 12.3. The summed E-state index contributed by atoms with van der Waals surface area (Å²) in [5.74, 6) is 0.337. The number of aliphatic hydroxyl groups is 1. The first-order chi connectivity index (χ1) is 10.4. The highest BCUT2D eigenvalue weighted by Gasteiger charge is 2.16. The van der Waals surface area contributed by atoms with E-state index < -0.39 is 19.1 Å². The topological polar surface area (TPSA) is 70.6 Å². The predicted octanol–water partition coefficient (Wildman–Crippen LogP) is 2.86. The quantitative estimate of drug-likeness (QED) is 0.690. The van der Waals surface area contributed by atoms with E-state index in [4.69, 9.17) is 9.84 Å². The molecular formula is C15H22F2N2O3. The maximum atomic E-state index is 12.2. The van der Waals surface area contributed by atoms with Gasteiger partial charge in [0.15, 0.2) is 0 Å². The molecule has 0 saturated carbocycles. The first-order valence-corrected chi connectivity index (χ1v) is 7.12. The van der Waals surface area contributed by atoms with Crippen molar-refractivity contribution in [3.8, 4) is 5.75 Å². The van der Waals surface area contributed by atoms with Crippen molar-refractivity contribution >= 4 is 11.7 Å². The Labute approximate surface area is 128 Å². The molecule has 0 saturated heterocycles. The Bertz CT molecular complexity index is 470. The number of ether oxygens (including phenoxy) is 1. The van der Waals surface area contributed by atoms with Crippen LogP contribution in [0, 0.1) is 5.92 Å². The lowest BCUT2D eigenvalue weighted by atomic mass is 10.0. The number of hydrogen-bond acceptors (Lipinski definition) is 3. The zero-order chi connectivity index (χ0) is 16.5. The van der Waals surface area contributed by atoms with Crippen molar-refractivity contribution in [2.45, 2.75) is 32.7 Å². The van der Waals surface area contributed by atoms with E-state index in [1.165, 1.54) is 6.07 Å². The first kappa shape index (κ1) is 18.2. The fraction of sp³-hybridized carbons (Fsp3) is 0.533. The number of benzene rings is 1. The minimum Gasteiger partial charge on any atom is -0.485 e. The van der Waals surface area contributed by atoms with Gasteiger partial charge >= 0.3 is 6.03 Å². The summed E-state index contributed by atoms with van der Waals surface area (Å²) < 4.78 is 29.4. The fourth-order valence-electron chi connectivity index (χ4n) is 1.89. The van der Waals surface area contributed by atoms with E-state index in [0.717, 1.165) is 0 Å². The molecule has 1 rings (SSSR count). The molecule has 1 atom stereocenters. The molecule has 5 nitrogen and oxygen atoms in total. The van der Waals surface area contributed by atoms with Crippen molar-refractivity contribution in [3.05, 3.63) is 24.3 Å². The van der Waals surface area contributed by atoms with Crippen LogP contribution in [-0.4, -0.2) is 36.8 Å². The van der Waals surface area contributed by atoms with E-state index in [-0.39, 0.29) is 24.3 Å². The minimum atomic E-state index is -2.59. The number of carbonyl (C=O) groups excluding carboxylic acids is 1. The highest BCUT2D eigenvalue weighted by molar-refractivity contribution is 5.91. The standard InChI is InChI=1S/C15H22F2N2O3/c1-10(2)11(7-8-20)18-15(21)19-12-5-3-4-6-13(12)22-9-14(16)17/h3-6,10-11,14,20H,7-9H2,1-2H3,(H2,18,19,21). The van der Waals surface area contributed by atoms with Crippen LogP contribution in [0.25, 0.3) is 0 Å². The van der Waals surface area contributed by atoms with Crippen molar-refractivity contribution in [1.29, 1.82) is 0 Å². The van der Waals surface area contributed by atoms with Crippen LogP contribution < -0.4 is 15.4 Å². The van der Waals surface area contributed by atoms with Gasteiger partial charge in [0, 0.05) is 12.6 Å². The molecule has 7 heteroatoms. The van der Waals surface area contributed by atoms with E-state index in [9.17, 15) is 13.6 Å². The van der Waals surface area contributed by atoms with Crippen LogP contribution in [0.3, 0.4) is 0 Å². The van der Waals surface area contributed by atoms with Crippen molar-refractivity contribution in [2.75, 3.05) is 18.5 Å². The Kier molecular flexibility index (Phi) is 7.59. The molecule has 0 heterocycles. The van der Waals surface area contributed by atoms with Crippen LogP contribution in [0.2, 0.25) is 0 Å². The molecule has 1 aromatic carbocycles. The smallest absolute Gasteiger partial charge is 0.319 e. The van der Waals surface area contributed by atoms with Crippen molar-refractivity contribution in [3.63, 3.8) is 0 Å². The molecule has 0 aromatic heterocycles. The molecule has 0 spiro atoms. The maximum Gasteiger partial charge on any atom is 0.319 e. The van der Waals surface area contributed by atoms with Gasteiger partial charge in [-0.1, -0.05) is 26.0 Å². The number of halogens is 2. The molecule has 0 bridgehead atoms. The Morgan fingerprint density at radius 3 is 2.59 bits per heavy atom. The number of urea groups is 1. The van der Waals surface area contributed by atoms with Crippen LogP contribution in [0.15, 0.2) is 24.3 Å². The summed E-state index contributed by atoms with van der Waals surface area (Å²) in [5.41, 5.74) is 0.312. The Morgan fingerprint density at radius 2 is 2.00 bits per heavy atom. The number of hydrogen-bond donors (Lipinski definition) is 3. The second-order valence-electron chi connectivity index (χ2n) is 5.16. The van der Waals surface area contributed by atoms with E-state index >= 15 is 0 Å². The molecule has 1 aromatic rings. The number of amides is 2. The second kappa shape index (κ2) is 9.19. The Morgan fingerprint density at radius 1 is 1.32 bits per heavy atom. The highest BCUT2D eigenvalue weighted by atomic mass is 19.3. The Hall–Kier alpha value is -1.89. The average molecular weight is 316 g/mol. The molecule has 0 radical (unpaired) electrons. The summed E-state index contributed by atoms with van der Waals surface area (Å²) in [6.45, 7) is 3.09. The lowest BCUT2D eigenvalue weighted by molar-refractivity contribution is 0.0823. The second-order valence-corrected chi connectivity index (χ2v) is 5.16. The molecule has 0 fully saturated rings. The summed E-state index contributed by atoms with van der Waals surface area (Å²) in [4.78, 5) is 12.0. The molecular weight excluding hydrogens is 294 g/mol. The van der Waals surface area contributed by atoms with Gasteiger partial charge in [-0.05, 0) is 24.5 Å². The number of anilines is 1. The van der Waals surface area contributed by atoms with Crippen molar-refractivity contribution < 1.29 is 23.4 Å². The van der Waals surface area contributed by atoms with Gasteiger partial charge in [0.05, 0.1) is 5.69 Å². The lowest BCUT2D eigenvalue weighted by Crippen LogP contribution is -2.41. The van der Waals surface area contributed by atoms with E-state index in [1.54, 1.807) is 18.2 Å². The number of rotatable bonds is 8. The number of alkyl halides is 2. The van der Waals surface area contributed by atoms with Gasteiger partial charge in [-0.3, -0.25) is 0 Å². The summed E-state index contributed by atoms with van der Waals surface area (Å²) >= 11 is 0. The van der Waals surface area contributed by atoms with E-state index in [0.29, 0.717) is 12.1 Å². The summed E-state index contributed by atoms with van der Waals surface area (Å²) in [5, 5.41) is 14.3. The average Bonchev–Trinajstić information content (AvgIpc) is 2.45. The summed E-state index contributed by atoms with van der Waals surface area (Å²) in [6.07, 6.45) is -2.15. The molecule has 0 aliphatic heterocycles. The zero-order valence-electron chi connectivity index (χ0n) is 12.7. The summed E-state index contributed by atoms with van der Waals surface area (Å²) in [7, 11) is 0. The molecule has 124 valence electrons. The molecule has 1 unspecified atom stereocenters. The van der Waals surface area contributed by atoms with E-state index in [1.807, 2.05) is 13.8 Å². The molecule has 22 heavy (non-hydrogen) atoms. The molecule has 0 aliphatic rings. The zero-order valence-corrected chi connectivity index (χ0v) is 12.7. The largest absolute Gasteiger partial charge is 0.485 e. The molecule has 2 amide bonds. The van der Waals surface area contributed by atoms with Crippen LogP contribution in [-0.2, 0) is 0 Å². The number of aliphatic hydroxyl groups excluding tert-OH is 1. The van der Waals surface area contributed by atoms with Crippen molar-refractivity contribution in [2.24, 2.45) is 5.92 Å². The van der Waals surface area contributed by atoms with Crippen molar-refractivity contribution in [1.82, 2.24) is 5.32 Å². The van der Waals surface area contributed by atoms with Gasteiger partial charge in [0.1, 0.15) is 12.4 Å². The number of carbonyl (C=O) groups is 1. The Balaban J connectivity index is 2.67. The van der Waals surface area contributed by atoms with Gasteiger partial charge in [0.25, 0.3) is 6.43 Å². The fourth-order valence-corrected chi connectivity index (χ4v) is 1.89. The molecule has 0 aliphatic carbocycles. The predicted molar refractivity (Wildman–Crippen MR) is 80.4 cm³/mol. The van der Waals surface area contributed by atoms with Gasteiger partial charge in [-0.2, -0.15) is 0 Å². The van der Waals surface area contributed by atoms with Gasteiger partial charge in [-0.25, -0.2) is 13.6 Å². The monoisotopic (exact) mass is 316 g/mol. The van der Waals surface area contributed by atoms with Gasteiger partial charge < -0.3 is 20.5 Å². The lowest BCUT2D eigenvalue weighted by Gasteiger charge is -2.22. The minimum absolute atomic E-state index is 0.0305. The number of para-hydroxylation sites is 2. The summed E-state index contributed by atoms with van der Waals surface area (Å²) in [6, 6.07) is 5.72. The third-order valence-electron chi connectivity index (χ3n) is 3.06. The van der Waals surface area contributed by atoms with Crippen LogP contribution >= 0.6 is 0 Å². The van der Waals surface area contributed by atoms with Gasteiger partial charge in [0.2, 0.25) is 0 Å². The third kappa shape index (κ3) is 6.26. The van der Waals surface area contributed by atoms with E-state index in [2.05, 4.69) is 10.6 Å². The first-order valence-electron chi connectivity index (χ1n) is 7.12. The number of nitrogens with one attached hydrogen (secondary N) is 2. The highest BCUT2D eigenvalue weighted by Crippen LogP contribution is 2.24. The SMILES string of the molecule is CC(C)C(CCO)NC(=O)Nc1ccccc1OCC(F)F.